The van der Waals surface area contributed by atoms with Crippen LogP contribution in [0.2, 0.25) is 0 Å². The van der Waals surface area contributed by atoms with Crippen molar-refractivity contribution in [2.75, 3.05) is 6.54 Å². The standard InChI is InChI=1S/C16H25NOS/c1-12-2-5-16(18)14(8-12)10-17(15-3-4-15)9-13-6-7-19-11-13/h6-7,11-12,14-16,18H,2-5,8-10H2,1H3. The van der Waals surface area contributed by atoms with E-state index in [1.54, 1.807) is 11.3 Å². The van der Waals surface area contributed by atoms with Crippen molar-refractivity contribution in [3.63, 3.8) is 0 Å². The van der Waals surface area contributed by atoms with Crippen molar-refractivity contribution in [1.82, 2.24) is 4.90 Å². The molecule has 2 fully saturated rings. The second-order valence-corrected chi connectivity index (χ2v) is 7.32. The normalized spacial score (nSPS) is 31.8. The fourth-order valence-corrected chi connectivity index (χ4v) is 4.04. The smallest absolute Gasteiger partial charge is 0.0580 e. The van der Waals surface area contributed by atoms with Crippen LogP contribution >= 0.6 is 11.3 Å². The number of aliphatic hydroxyl groups excluding tert-OH is 1. The fraction of sp³-hybridized carbons (Fsp3) is 0.750. The second-order valence-electron chi connectivity index (χ2n) is 6.54. The lowest BCUT2D eigenvalue weighted by molar-refractivity contribution is 0.0273. The van der Waals surface area contributed by atoms with Gasteiger partial charge >= 0.3 is 0 Å². The minimum Gasteiger partial charge on any atom is -0.393 e. The Kier molecular flexibility index (Phi) is 4.25. The third-order valence-electron chi connectivity index (χ3n) is 4.70. The second kappa shape index (κ2) is 5.94. The maximum Gasteiger partial charge on any atom is 0.0580 e. The Labute approximate surface area is 120 Å². The largest absolute Gasteiger partial charge is 0.393 e. The van der Waals surface area contributed by atoms with Crippen LogP contribution in [0.25, 0.3) is 0 Å². The molecule has 19 heavy (non-hydrogen) atoms. The third-order valence-corrected chi connectivity index (χ3v) is 5.43. The van der Waals surface area contributed by atoms with E-state index >= 15 is 0 Å². The van der Waals surface area contributed by atoms with E-state index in [1.165, 1.54) is 31.2 Å². The van der Waals surface area contributed by atoms with E-state index < -0.39 is 0 Å². The van der Waals surface area contributed by atoms with Gasteiger partial charge in [0.2, 0.25) is 0 Å². The molecule has 0 aliphatic heterocycles. The first-order valence-corrected chi connectivity index (χ1v) is 8.60. The van der Waals surface area contributed by atoms with Crippen LogP contribution in [0.1, 0.15) is 44.6 Å². The molecule has 3 rings (SSSR count). The molecule has 2 aliphatic carbocycles. The predicted octanol–water partition coefficient (Wildman–Crippen LogP) is 3.51. The predicted molar refractivity (Wildman–Crippen MR) is 80.3 cm³/mol. The van der Waals surface area contributed by atoms with Gasteiger partial charge in [0.15, 0.2) is 0 Å². The zero-order valence-corrected chi connectivity index (χ0v) is 12.6. The summed E-state index contributed by atoms with van der Waals surface area (Å²) < 4.78 is 0. The highest BCUT2D eigenvalue weighted by Crippen LogP contribution is 2.34. The quantitative estimate of drug-likeness (QED) is 0.891. The van der Waals surface area contributed by atoms with Crippen molar-refractivity contribution >= 4 is 11.3 Å². The Morgan fingerprint density at radius 2 is 2.16 bits per heavy atom. The molecular weight excluding hydrogens is 254 g/mol. The monoisotopic (exact) mass is 279 g/mol. The summed E-state index contributed by atoms with van der Waals surface area (Å²) in [7, 11) is 0. The van der Waals surface area contributed by atoms with Crippen molar-refractivity contribution in [2.45, 2.75) is 57.7 Å². The highest BCUT2D eigenvalue weighted by Gasteiger charge is 2.34. The van der Waals surface area contributed by atoms with Gasteiger partial charge in [0.1, 0.15) is 0 Å². The first-order valence-electron chi connectivity index (χ1n) is 7.65. The van der Waals surface area contributed by atoms with Crippen molar-refractivity contribution in [2.24, 2.45) is 11.8 Å². The molecule has 1 aromatic rings. The van der Waals surface area contributed by atoms with Gasteiger partial charge in [-0.25, -0.2) is 0 Å². The molecule has 0 radical (unpaired) electrons. The van der Waals surface area contributed by atoms with Gasteiger partial charge in [0.05, 0.1) is 6.10 Å². The first kappa shape index (κ1) is 13.6. The van der Waals surface area contributed by atoms with E-state index in [9.17, 15) is 5.11 Å². The van der Waals surface area contributed by atoms with Crippen LogP contribution in [0.15, 0.2) is 16.8 Å². The number of rotatable bonds is 5. The molecule has 0 spiro atoms. The molecule has 3 unspecified atom stereocenters. The van der Waals surface area contributed by atoms with E-state index in [4.69, 9.17) is 0 Å². The van der Waals surface area contributed by atoms with Gasteiger partial charge in [-0.2, -0.15) is 11.3 Å². The van der Waals surface area contributed by atoms with E-state index in [0.717, 1.165) is 31.5 Å². The number of aliphatic hydroxyl groups is 1. The highest BCUT2D eigenvalue weighted by atomic mass is 32.1. The van der Waals surface area contributed by atoms with Gasteiger partial charge in [-0.05, 0) is 66.3 Å². The van der Waals surface area contributed by atoms with E-state index in [-0.39, 0.29) is 6.10 Å². The van der Waals surface area contributed by atoms with E-state index in [0.29, 0.717) is 5.92 Å². The van der Waals surface area contributed by atoms with Crippen molar-refractivity contribution < 1.29 is 5.11 Å². The Bertz CT molecular complexity index is 387. The molecule has 0 bridgehead atoms. The summed E-state index contributed by atoms with van der Waals surface area (Å²) in [6.45, 7) is 4.50. The van der Waals surface area contributed by atoms with Crippen LogP contribution in [-0.2, 0) is 6.54 Å². The number of hydrogen-bond acceptors (Lipinski definition) is 3. The molecule has 2 saturated carbocycles. The van der Waals surface area contributed by atoms with E-state index in [1.807, 2.05) is 0 Å². The molecule has 3 heteroatoms. The molecule has 0 aromatic carbocycles. The molecule has 2 aliphatic rings. The number of hydrogen-bond donors (Lipinski definition) is 1. The van der Waals surface area contributed by atoms with Gasteiger partial charge < -0.3 is 5.11 Å². The Hall–Kier alpha value is -0.380. The topological polar surface area (TPSA) is 23.5 Å². The summed E-state index contributed by atoms with van der Waals surface area (Å²) in [5, 5.41) is 14.7. The highest BCUT2D eigenvalue weighted by molar-refractivity contribution is 7.07. The number of thiophene rings is 1. The maximum atomic E-state index is 10.2. The summed E-state index contributed by atoms with van der Waals surface area (Å²) in [5.74, 6) is 1.28. The average Bonchev–Trinajstić information content (AvgIpc) is 3.12. The molecule has 1 N–H and O–H groups in total. The Morgan fingerprint density at radius 1 is 1.32 bits per heavy atom. The minimum absolute atomic E-state index is 0.0695. The lowest BCUT2D eigenvalue weighted by Crippen LogP contribution is -2.39. The third kappa shape index (κ3) is 3.59. The SMILES string of the molecule is CC1CCC(O)C(CN(Cc2ccsc2)C2CC2)C1. The van der Waals surface area contributed by atoms with Crippen LogP contribution in [0.3, 0.4) is 0 Å². The first-order chi connectivity index (χ1) is 9.22. The van der Waals surface area contributed by atoms with Gasteiger partial charge in [0.25, 0.3) is 0 Å². The maximum absolute atomic E-state index is 10.2. The summed E-state index contributed by atoms with van der Waals surface area (Å²) in [6, 6.07) is 3.02. The molecule has 3 atom stereocenters. The van der Waals surface area contributed by atoms with Gasteiger partial charge in [0, 0.05) is 19.1 Å². The lowest BCUT2D eigenvalue weighted by Gasteiger charge is -2.35. The molecule has 0 saturated heterocycles. The van der Waals surface area contributed by atoms with Gasteiger partial charge in [-0.15, -0.1) is 0 Å². The molecule has 106 valence electrons. The zero-order chi connectivity index (χ0) is 13.2. The molecule has 0 amide bonds. The van der Waals surface area contributed by atoms with Gasteiger partial charge in [-0.3, -0.25) is 4.90 Å². The molecule has 1 aromatic heterocycles. The van der Waals surface area contributed by atoms with E-state index in [2.05, 4.69) is 28.7 Å². The number of nitrogens with zero attached hydrogens (tertiary/aromatic N) is 1. The van der Waals surface area contributed by atoms with Crippen molar-refractivity contribution in [1.29, 1.82) is 0 Å². The summed E-state index contributed by atoms with van der Waals surface area (Å²) in [5.41, 5.74) is 1.44. The lowest BCUT2D eigenvalue weighted by atomic mass is 9.80. The van der Waals surface area contributed by atoms with Crippen molar-refractivity contribution in [3.8, 4) is 0 Å². The van der Waals surface area contributed by atoms with Gasteiger partial charge in [-0.1, -0.05) is 6.92 Å². The van der Waals surface area contributed by atoms with Crippen LogP contribution in [0.4, 0.5) is 0 Å². The van der Waals surface area contributed by atoms with Crippen LogP contribution < -0.4 is 0 Å². The van der Waals surface area contributed by atoms with Crippen molar-refractivity contribution in [3.05, 3.63) is 22.4 Å². The van der Waals surface area contributed by atoms with Crippen LogP contribution in [0.5, 0.6) is 0 Å². The molecule has 1 heterocycles. The van der Waals surface area contributed by atoms with Crippen LogP contribution in [0, 0.1) is 11.8 Å². The summed E-state index contributed by atoms with van der Waals surface area (Å²) in [4.78, 5) is 2.62. The van der Waals surface area contributed by atoms with Crippen LogP contribution in [-0.4, -0.2) is 28.7 Å². The Morgan fingerprint density at radius 3 is 2.84 bits per heavy atom. The fourth-order valence-electron chi connectivity index (χ4n) is 3.38. The average molecular weight is 279 g/mol. The Balaban J connectivity index is 1.60. The minimum atomic E-state index is -0.0695. The summed E-state index contributed by atoms with van der Waals surface area (Å²) in [6.07, 6.45) is 6.04. The molecular formula is C16H25NOS. The summed E-state index contributed by atoms with van der Waals surface area (Å²) >= 11 is 1.78. The molecule has 2 nitrogen and oxygen atoms in total. The zero-order valence-electron chi connectivity index (χ0n) is 11.8.